The zero-order chi connectivity index (χ0) is 31.1. The highest BCUT2D eigenvalue weighted by molar-refractivity contribution is 5.79. The Morgan fingerprint density at radius 2 is 1.48 bits per heavy atom. The van der Waals surface area contributed by atoms with Crippen molar-refractivity contribution < 1.29 is 23.1 Å². The minimum absolute atomic E-state index is 0.0601. The molecule has 226 valence electrons. The first-order valence-electron chi connectivity index (χ1n) is 14.2. The van der Waals surface area contributed by atoms with E-state index >= 15 is 0 Å². The van der Waals surface area contributed by atoms with Gasteiger partial charge in [-0.2, -0.15) is 0 Å². The summed E-state index contributed by atoms with van der Waals surface area (Å²) in [6, 6.07) is 16.6. The zero-order valence-electron chi connectivity index (χ0n) is 25.6. The lowest BCUT2D eigenvalue weighted by atomic mass is 9.84. The van der Waals surface area contributed by atoms with Gasteiger partial charge in [-0.1, -0.05) is 63.5 Å². The quantitative estimate of drug-likeness (QED) is 0.200. The number of rotatable bonds is 8. The standard InChI is InChI=1S/C25H22F2N2O2.C8H16.C2H6O/c1-28(2)23-9-7-19(8-10-23)20-5-6-21(25(27)14-20)16-29(17-31)24-13-18(4-3-11-30)12-22(26)15-24;1-7-4-3-5-8(2)6-7;1-3-2/h3-15,17H,16H2,1-2H3;7-8H,3-6H2,1-2H3;1-2H3/b4-3+;;/t;7-,8+;. The summed E-state index contributed by atoms with van der Waals surface area (Å²) in [4.78, 5) is 25.3. The van der Waals surface area contributed by atoms with E-state index in [0.29, 0.717) is 23.8 Å². The molecule has 0 aromatic heterocycles. The molecular formula is C35H44F2N2O3. The number of carbonyl (C=O) groups is 2. The molecule has 0 radical (unpaired) electrons. The predicted octanol–water partition coefficient (Wildman–Crippen LogP) is 8.17. The van der Waals surface area contributed by atoms with E-state index < -0.39 is 11.6 Å². The SMILES string of the molecule is CN(C)c1ccc(-c2ccc(CN(C=O)c3cc(F)cc(/C=C/C=O)c3)c(F)c2)cc1.COC.C[C@@H]1CCC[C@H](C)C1. The maximum atomic E-state index is 14.8. The second kappa shape index (κ2) is 17.9. The Kier molecular flexibility index (Phi) is 14.6. The van der Waals surface area contributed by atoms with Gasteiger partial charge in [0, 0.05) is 45.3 Å². The molecule has 0 N–H and O–H groups in total. The van der Waals surface area contributed by atoms with Gasteiger partial charge >= 0.3 is 0 Å². The fourth-order valence-corrected chi connectivity index (χ4v) is 4.93. The molecule has 1 aliphatic carbocycles. The molecule has 3 aromatic rings. The first-order valence-corrected chi connectivity index (χ1v) is 14.2. The van der Waals surface area contributed by atoms with Crippen molar-refractivity contribution in [1.29, 1.82) is 0 Å². The van der Waals surface area contributed by atoms with Crippen molar-refractivity contribution in [3.63, 3.8) is 0 Å². The van der Waals surface area contributed by atoms with Crippen LogP contribution in [0.15, 0.2) is 66.7 Å². The van der Waals surface area contributed by atoms with E-state index in [0.717, 1.165) is 28.7 Å². The van der Waals surface area contributed by atoms with Gasteiger partial charge in [0.25, 0.3) is 0 Å². The molecule has 0 aliphatic heterocycles. The van der Waals surface area contributed by atoms with Crippen LogP contribution in [-0.4, -0.2) is 41.0 Å². The number of carbonyl (C=O) groups excluding carboxylic acids is 2. The van der Waals surface area contributed by atoms with Crippen LogP contribution in [0.1, 0.15) is 50.7 Å². The Morgan fingerprint density at radius 3 is 1.98 bits per heavy atom. The molecule has 4 rings (SSSR count). The molecule has 0 heterocycles. The number of methoxy groups -OCH3 is 1. The number of ether oxygens (including phenoxy) is 1. The molecule has 42 heavy (non-hydrogen) atoms. The fourth-order valence-electron chi connectivity index (χ4n) is 4.93. The summed E-state index contributed by atoms with van der Waals surface area (Å²) in [5, 5.41) is 0. The molecule has 5 nitrogen and oxygen atoms in total. The Hall–Kier alpha value is -3.84. The van der Waals surface area contributed by atoms with Crippen LogP contribution < -0.4 is 9.80 Å². The van der Waals surface area contributed by atoms with Crippen molar-refractivity contribution in [3.8, 4) is 11.1 Å². The van der Waals surface area contributed by atoms with Crippen molar-refractivity contribution in [3.05, 3.63) is 89.5 Å². The largest absolute Gasteiger partial charge is 0.388 e. The average molecular weight is 579 g/mol. The predicted molar refractivity (Wildman–Crippen MR) is 170 cm³/mol. The first kappa shape index (κ1) is 34.4. The highest BCUT2D eigenvalue weighted by atomic mass is 19.1. The Labute approximate surface area is 249 Å². The molecule has 1 amide bonds. The number of hydrogen-bond acceptors (Lipinski definition) is 4. The lowest BCUT2D eigenvalue weighted by Gasteiger charge is -2.22. The van der Waals surface area contributed by atoms with Crippen LogP contribution in [0.3, 0.4) is 0 Å². The molecular weight excluding hydrogens is 534 g/mol. The van der Waals surface area contributed by atoms with Crippen molar-refractivity contribution in [1.82, 2.24) is 0 Å². The van der Waals surface area contributed by atoms with Crippen LogP contribution >= 0.6 is 0 Å². The van der Waals surface area contributed by atoms with Crippen LogP contribution in [0, 0.1) is 23.5 Å². The minimum Gasteiger partial charge on any atom is -0.388 e. The van der Waals surface area contributed by atoms with Gasteiger partial charge < -0.3 is 14.5 Å². The highest BCUT2D eigenvalue weighted by Crippen LogP contribution is 2.28. The molecule has 0 unspecified atom stereocenters. The average Bonchev–Trinajstić information content (AvgIpc) is 2.96. The van der Waals surface area contributed by atoms with E-state index in [2.05, 4.69) is 18.6 Å². The number of hydrogen-bond donors (Lipinski definition) is 0. The summed E-state index contributed by atoms with van der Waals surface area (Å²) in [6.07, 6.45) is 9.66. The maximum absolute atomic E-state index is 14.8. The van der Waals surface area contributed by atoms with E-state index in [4.69, 9.17) is 0 Å². The molecule has 1 saturated carbocycles. The molecule has 0 bridgehead atoms. The Balaban J connectivity index is 0.000000471. The fraction of sp³-hybridized carbons (Fsp3) is 0.371. The van der Waals surface area contributed by atoms with E-state index in [9.17, 15) is 18.4 Å². The van der Waals surface area contributed by atoms with Crippen LogP contribution in [0.2, 0.25) is 0 Å². The minimum atomic E-state index is -0.563. The van der Waals surface area contributed by atoms with Crippen molar-refractivity contribution >= 4 is 30.1 Å². The van der Waals surface area contributed by atoms with Crippen molar-refractivity contribution in [2.75, 3.05) is 38.1 Å². The topological polar surface area (TPSA) is 49.9 Å². The van der Waals surface area contributed by atoms with Gasteiger partial charge in [-0.15, -0.1) is 0 Å². The summed E-state index contributed by atoms with van der Waals surface area (Å²) in [5.41, 5.74) is 3.63. The van der Waals surface area contributed by atoms with Gasteiger partial charge in [-0.05, 0) is 77.4 Å². The van der Waals surface area contributed by atoms with E-state index in [1.54, 1.807) is 32.4 Å². The normalized spacial score (nSPS) is 16.0. The van der Waals surface area contributed by atoms with E-state index in [-0.39, 0.29) is 12.2 Å². The summed E-state index contributed by atoms with van der Waals surface area (Å²) in [6.45, 7) is 4.68. The van der Waals surface area contributed by atoms with Crippen molar-refractivity contribution in [2.24, 2.45) is 11.8 Å². The number of anilines is 2. The second-order valence-electron chi connectivity index (χ2n) is 11.0. The maximum Gasteiger partial charge on any atom is 0.214 e. The second-order valence-corrected chi connectivity index (χ2v) is 11.0. The van der Waals surface area contributed by atoms with Gasteiger partial charge in [0.05, 0.1) is 6.54 Å². The number of nitrogens with zero attached hydrogens (tertiary/aromatic N) is 2. The molecule has 0 spiro atoms. The van der Waals surface area contributed by atoms with Gasteiger partial charge in [0.2, 0.25) is 6.41 Å². The number of amides is 1. The monoisotopic (exact) mass is 578 g/mol. The number of benzene rings is 3. The summed E-state index contributed by atoms with van der Waals surface area (Å²) < 4.78 is 33.0. The molecule has 2 atom stereocenters. The summed E-state index contributed by atoms with van der Waals surface area (Å²) >= 11 is 0. The third-order valence-electron chi connectivity index (χ3n) is 7.04. The van der Waals surface area contributed by atoms with Crippen molar-refractivity contribution in [2.45, 2.75) is 46.1 Å². The van der Waals surface area contributed by atoms with E-state index in [1.807, 2.05) is 43.3 Å². The third kappa shape index (κ3) is 11.2. The zero-order valence-corrected chi connectivity index (χ0v) is 25.6. The third-order valence-corrected chi connectivity index (χ3v) is 7.04. The molecule has 7 heteroatoms. The lowest BCUT2D eigenvalue weighted by molar-refractivity contribution is -0.107. The Bertz CT molecular complexity index is 1280. The first-order chi connectivity index (χ1) is 20.1. The van der Waals surface area contributed by atoms with Gasteiger partial charge in [0.15, 0.2) is 0 Å². The van der Waals surface area contributed by atoms with Crippen LogP contribution in [0.25, 0.3) is 17.2 Å². The van der Waals surface area contributed by atoms with Gasteiger partial charge in [-0.3, -0.25) is 9.59 Å². The van der Waals surface area contributed by atoms with Crippen LogP contribution in [-0.2, 0) is 20.9 Å². The number of aldehydes is 1. The van der Waals surface area contributed by atoms with E-state index in [1.165, 1.54) is 60.9 Å². The van der Waals surface area contributed by atoms with Gasteiger partial charge in [0.1, 0.15) is 17.9 Å². The van der Waals surface area contributed by atoms with Crippen LogP contribution in [0.5, 0.6) is 0 Å². The molecule has 1 aliphatic rings. The number of halogens is 2. The summed E-state index contributed by atoms with van der Waals surface area (Å²) in [5.74, 6) is 1.00. The number of allylic oxidation sites excluding steroid dienone is 1. The van der Waals surface area contributed by atoms with Gasteiger partial charge in [-0.25, -0.2) is 8.78 Å². The van der Waals surface area contributed by atoms with Crippen LogP contribution in [0.4, 0.5) is 20.2 Å². The molecule has 3 aromatic carbocycles. The Morgan fingerprint density at radius 1 is 0.857 bits per heavy atom. The smallest absolute Gasteiger partial charge is 0.214 e. The summed E-state index contributed by atoms with van der Waals surface area (Å²) in [7, 11) is 7.14. The molecule has 0 saturated heterocycles. The lowest BCUT2D eigenvalue weighted by Crippen LogP contribution is -2.21. The molecule has 1 fully saturated rings. The highest BCUT2D eigenvalue weighted by Gasteiger charge is 2.14.